The van der Waals surface area contributed by atoms with Crippen LogP contribution in [0.3, 0.4) is 0 Å². The molecule has 0 saturated carbocycles. The molecule has 1 heterocycles. The lowest BCUT2D eigenvalue weighted by Crippen LogP contribution is -2.11. The maximum absolute atomic E-state index is 6.29. The summed E-state index contributed by atoms with van der Waals surface area (Å²) in [6, 6.07) is 62.2. The van der Waals surface area contributed by atoms with Crippen molar-refractivity contribution >= 4 is 38.8 Å². The minimum absolute atomic E-state index is 0.855. The standard InChI is InChI=1S/C42H29NO/c1-2-13-31(14-3-1)39-23-7-8-25-40(39)43(36-21-11-19-33(28-36)42-29-34-16-5-9-26-41(34)44-42)35-20-10-18-32(27-35)38-24-12-17-30-15-4-6-22-37(30)38/h1-29H. The first-order chi connectivity index (χ1) is 21.8. The summed E-state index contributed by atoms with van der Waals surface area (Å²) in [5.74, 6) is 0.855. The Morgan fingerprint density at radius 1 is 0.386 bits per heavy atom. The van der Waals surface area contributed by atoms with Crippen LogP contribution in [0.4, 0.5) is 17.1 Å². The fraction of sp³-hybridized carbons (Fsp3) is 0. The van der Waals surface area contributed by atoms with Crippen molar-refractivity contribution in [2.24, 2.45) is 0 Å². The second kappa shape index (κ2) is 11.1. The van der Waals surface area contributed by atoms with Gasteiger partial charge < -0.3 is 9.32 Å². The molecular formula is C42H29NO. The highest BCUT2D eigenvalue weighted by Gasteiger charge is 2.19. The van der Waals surface area contributed by atoms with Crippen molar-refractivity contribution in [2.75, 3.05) is 4.90 Å². The van der Waals surface area contributed by atoms with Crippen molar-refractivity contribution in [1.29, 1.82) is 0 Å². The van der Waals surface area contributed by atoms with Crippen LogP contribution in [0.25, 0.3) is 55.3 Å². The summed E-state index contributed by atoms with van der Waals surface area (Å²) >= 11 is 0. The van der Waals surface area contributed by atoms with Gasteiger partial charge in [-0.3, -0.25) is 0 Å². The number of nitrogens with zero attached hydrogens (tertiary/aromatic N) is 1. The number of furan rings is 1. The molecule has 44 heavy (non-hydrogen) atoms. The third-order valence-electron chi connectivity index (χ3n) is 8.25. The summed E-state index contributed by atoms with van der Waals surface area (Å²) < 4.78 is 6.29. The van der Waals surface area contributed by atoms with Crippen molar-refractivity contribution in [1.82, 2.24) is 0 Å². The van der Waals surface area contributed by atoms with Gasteiger partial charge in [0.2, 0.25) is 0 Å². The topological polar surface area (TPSA) is 16.4 Å². The molecule has 2 nitrogen and oxygen atoms in total. The van der Waals surface area contributed by atoms with E-state index in [9.17, 15) is 0 Å². The van der Waals surface area contributed by atoms with Gasteiger partial charge in [-0.15, -0.1) is 0 Å². The zero-order chi connectivity index (χ0) is 29.3. The van der Waals surface area contributed by atoms with Crippen LogP contribution < -0.4 is 4.90 Å². The summed E-state index contributed by atoms with van der Waals surface area (Å²) in [6.45, 7) is 0. The van der Waals surface area contributed by atoms with Gasteiger partial charge in [0.25, 0.3) is 0 Å². The van der Waals surface area contributed by atoms with Crippen LogP contribution in [-0.4, -0.2) is 0 Å². The SMILES string of the molecule is c1ccc(-c2ccccc2N(c2cccc(-c3cc4ccccc4o3)c2)c2cccc(-c3cccc4ccccc34)c2)cc1. The second-order valence-electron chi connectivity index (χ2n) is 11.0. The smallest absolute Gasteiger partial charge is 0.135 e. The normalized spacial score (nSPS) is 11.2. The van der Waals surface area contributed by atoms with E-state index in [0.29, 0.717) is 0 Å². The van der Waals surface area contributed by atoms with E-state index >= 15 is 0 Å². The summed E-state index contributed by atoms with van der Waals surface area (Å²) in [7, 11) is 0. The Bertz CT molecular complexity index is 2210. The predicted octanol–water partition coefficient (Wildman–Crippen LogP) is 12.1. The van der Waals surface area contributed by atoms with E-state index in [4.69, 9.17) is 4.42 Å². The minimum atomic E-state index is 0.855. The van der Waals surface area contributed by atoms with E-state index in [0.717, 1.165) is 44.9 Å². The van der Waals surface area contributed by atoms with Gasteiger partial charge in [0, 0.05) is 27.9 Å². The molecule has 0 radical (unpaired) electrons. The molecule has 7 aromatic carbocycles. The van der Waals surface area contributed by atoms with Gasteiger partial charge in [0.05, 0.1) is 5.69 Å². The first-order valence-corrected chi connectivity index (χ1v) is 14.9. The van der Waals surface area contributed by atoms with Crippen molar-refractivity contribution in [3.63, 3.8) is 0 Å². The fourth-order valence-electron chi connectivity index (χ4n) is 6.17. The first kappa shape index (κ1) is 25.8. The van der Waals surface area contributed by atoms with Crippen molar-refractivity contribution in [3.8, 4) is 33.6 Å². The summed E-state index contributed by atoms with van der Waals surface area (Å²) in [6.07, 6.45) is 0. The number of para-hydroxylation sites is 2. The molecule has 0 aliphatic carbocycles. The van der Waals surface area contributed by atoms with Gasteiger partial charge in [-0.25, -0.2) is 0 Å². The molecule has 0 amide bonds. The van der Waals surface area contributed by atoms with Gasteiger partial charge in [0.1, 0.15) is 11.3 Å². The molecule has 2 heteroatoms. The van der Waals surface area contributed by atoms with Crippen LogP contribution in [0.2, 0.25) is 0 Å². The average molecular weight is 564 g/mol. The van der Waals surface area contributed by atoms with E-state index in [1.807, 2.05) is 18.2 Å². The van der Waals surface area contributed by atoms with Crippen LogP contribution in [0.1, 0.15) is 0 Å². The Balaban J connectivity index is 1.33. The van der Waals surface area contributed by atoms with E-state index in [2.05, 4.69) is 163 Å². The van der Waals surface area contributed by atoms with E-state index < -0.39 is 0 Å². The van der Waals surface area contributed by atoms with E-state index in [1.54, 1.807) is 0 Å². The maximum Gasteiger partial charge on any atom is 0.135 e. The maximum atomic E-state index is 6.29. The van der Waals surface area contributed by atoms with E-state index in [1.165, 1.54) is 27.5 Å². The molecule has 0 aliphatic rings. The molecule has 1 aromatic heterocycles. The molecule has 8 aromatic rings. The molecule has 0 fully saturated rings. The summed E-state index contributed by atoms with van der Waals surface area (Å²) in [5.41, 5.74) is 9.90. The molecule has 0 unspecified atom stereocenters. The number of anilines is 3. The largest absolute Gasteiger partial charge is 0.456 e. The highest BCUT2D eigenvalue weighted by atomic mass is 16.3. The Morgan fingerprint density at radius 2 is 0.977 bits per heavy atom. The van der Waals surface area contributed by atoms with Gasteiger partial charge in [-0.1, -0.05) is 133 Å². The highest BCUT2D eigenvalue weighted by molar-refractivity contribution is 5.98. The van der Waals surface area contributed by atoms with Gasteiger partial charge in [-0.05, 0) is 69.9 Å². The molecule has 0 atom stereocenters. The van der Waals surface area contributed by atoms with Gasteiger partial charge in [-0.2, -0.15) is 0 Å². The average Bonchev–Trinajstić information content (AvgIpc) is 3.54. The quantitative estimate of drug-likeness (QED) is 0.200. The van der Waals surface area contributed by atoms with Crippen molar-refractivity contribution in [3.05, 3.63) is 176 Å². The molecule has 0 bridgehead atoms. The Labute approximate surface area is 257 Å². The number of rotatable bonds is 6. The zero-order valence-electron chi connectivity index (χ0n) is 24.1. The molecule has 0 saturated heterocycles. The number of fused-ring (bicyclic) bond motifs is 2. The van der Waals surface area contributed by atoms with Crippen LogP contribution >= 0.6 is 0 Å². The number of hydrogen-bond donors (Lipinski definition) is 0. The molecule has 0 N–H and O–H groups in total. The van der Waals surface area contributed by atoms with Crippen molar-refractivity contribution in [2.45, 2.75) is 0 Å². The predicted molar refractivity (Wildman–Crippen MR) is 185 cm³/mol. The van der Waals surface area contributed by atoms with Crippen LogP contribution in [0, 0.1) is 0 Å². The fourth-order valence-corrected chi connectivity index (χ4v) is 6.17. The van der Waals surface area contributed by atoms with Crippen molar-refractivity contribution < 1.29 is 4.42 Å². The Hall–Kier alpha value is -5.86. The molecule has 0 spiro atoms. The first-order valence-electron chi connectivity index (χ1n) is 14.9. The lowest BCUT2D eigenvalue weighted by atomic mass is 9.97. The second-order valence-corrected chi connectivity index (χ2v) is 11.0. The zero-order valence-corrected chi connectivity index (χ0v) is 24.1. The summed E-state index contributed by atoms with van der Waals surface area (Å²) in [5, 5.41) is 3.58. The third kappa shape index (κ3) is 4.73. The van der Waals surface area contributed by atoms with Crippen LogP contribution in [0.15, 0.2) is 180 Å². The van der Waals surface area contributed by atoms with Crippen LogP contribution in [-0.2, 0) is 0 Å². The van der Waals surface area contributed by atoms with Crippen LogP contribution in [0.5, 0.6) is 0 Å². The minimum Gasteiger partial charge on any atom is -0.456 e. The van der Waals surface area contributed by atoms with E-state index in [-0.39, 0.29) is 0 Å². The Kier molecular flexibility index (Phi) is 6.51. The number of hydrogen-bond acceptors (Lipinski definition) is 2. The molecule has 208 valence electrons. The molecular weight excluding hydrogens is 534 g/mol. The Morgan fingerprint density at radius 3 is 1.82 bits per heavy atom. The molecule has 8 rings (SSSR count). The van der Waals surface area contributed by atoms with Gasteiger partial charge >= 0.3 is 0 Å². The monoisotopic (exact) mass is 563 g/mol. The third-order valence-corrected chi connectivity index (χ3v) is 8.25. The lowest BCUT2D eigenvalue weighted by Gasteiger charge is -2.28. The summed E-state index contributed by atoms with van der Waals surface area (Å²) in [4.78, 5) is 2.36. The lowest BCUT2D eigenvalue weighted by molar-refractivity contribution is 0.631. The highest BCUT2D eigenvalue weighted by Crippen LogP contribution is 2.43. The van der Waals surface area contributed by atoms with Gasteiger partial charge in [0.15, 0.2) is 0 Å². The number of benzene rings is 7. The molecule has 0 aliphatic heterocycles.